The van der Waals surface area contributed by atoms with Crippen molar-refractivity contribution in [3.63, 3.8) is 0 Å². The first-order valence-electron chi connectivity index (χ1n) is 5.94. The number of halogens is 3. The zero-order chi connectivity index (χ0) is 15.6. The van der Waals surface area contributed by atoms with E-state index in [-0.39, 0.29) is 17.5 Å². The third kappa shape index (κ3) is 3.97. The fourth-order valence-electron chi connectivity index (χ4n) is 1.71. The summed E-state index contributed by atoms with van der Waals surface area (Å²) in [5.41, 5.74) is -0.909. The number of benzene rings is 1. The lowest BCUT2D eigenvalue weighted by Crippen LogP contribution is -2.46. The van der Waals surface area contributed by atoms with Crippen LogP contribution in [0.2, 0.25) is 0 Å². The SMILES string of the molecule is CCC(C)(CCO)NS(=O)(=O)c1c(F)cc(F)cc1Br. The molecule has 0 aliphatic carbocycles. The molecule has 0 aliphatic heterocycles. The van der Waals surface area contributed by atoms with Crippen LogP contribution in [0.3, 0.4) is 0 Å². The van der Waals surface area contributed by atoms with E-state index in [1.807, 2.05) is 0 Å². The van der Waals surface area contributed by atoms with E-state index in [1.54, 1.807) is 13.8 Å². The molecule has 20 heavy (non-hydrogen) atoms. The molecule has 0 saturated heterocycles. The van der Waals surface area contributed by atoms with Crippen molar-refractivity contribution < 1.29 is 22.3 Å². The standard InChI is InChI=1S/C12H16BrF2NO3S/c1-3-12(2,4-5-17)16-20(18,19)11-9(13)6-8(14)7-10(11)15/h6-7,16-17H,3-5H2,1-2H3. The lowest BCUT2D eigenvalue weighted by atomic mass is 9.97. The van der Waals surface area contributed by atoms with E-state index in [2.05, 4.69) is 20.7 Å². The first-order valence-corrected chi connectivity index (χ1v) is 8.22. The Balaban J connectivity index is 3.25. The van der Waals surface area contributed by atoms with Crippen LogP contribution in [-0.4, -0.2) is 25.7 Å². The number of aliphatic hydroxyl groups excluding tert-OH is 1. The number of hydrogen-bond acceptors (Lipinski definition) is 3. The van der Waals surface area contributed by atoms with Crippen LogP contribution in [0.5, 0.6) is 0 Å². The van der Waals surface area contributed by atoms with E-state index in [4.69, 9.17) is 5.11 Å². The van der Waals surface area contributed by atoms with Gasteiger partial charge in [-0.05, 0) is 41.8 Å². The van der Waals surface area contributed by atoms with Crippen molar-refractivity contribution in [3.05, 3.63) is 28.2 Å². The minimum absolute atomic E-state index is 0.184. The molecule has 1 aromatic carbocycles. The predicted octanol–water partition coefficient (Wildman–Crippen LogP) is 2.56. The molecule has 1 unspecified atom stereocenters. The van der Waals surface area contributed by atoms with Crippen molar-refractivity contribution >= 4 is 26.0 Å². The van der Waals surface area contributed by atoms with Gasteiger partial charge >= 0.3 is 0 Å². The smallest absolute Gasteiger partial charge is 0.245 e. The number of hydrogen-bond donors (Lipinski definition) is 2. The maximum absolute atomic E-state index is 13.7. The van der Waals surface area contributed by atoms with Crippen LogP contribution in [0, 0.1) is 11.6 Å². The van der Waals surface area contributed by atoms with Gasteiger partial charge < -0.3 is 5.11 Å². The summed E-state index contributed by atoms with van der Waals surface area (Å²) >= 11 is 2.85. The van der Waals surface area contributed by atoms with E-state index in [0.717, 1.165) is 6.07 Å². The highest BCUT2D eigenvalue weighted by Gasteiger charge is 2.32. The van der Waals surface area contributed by atoms with Gasteiger partial charge in [0.1, 0.15) is 16.5 Å². The molecular formula is C12H16BrF2NO3S. The van der Waals surface area contributed by atoms with E-state index in [9.17, 15) is 17.2 Å². The largest absolute Gasteiger partial charge is 0.396 e. The Morgan fingerprint density at radius 1 is 1.40 bits per heavy atom. The normalized spacial score (nSPS) is 15.1. The van der Waals surface area contributed by atoms with E-state index < -0.39 is 32.1 Å². The van der Waals surface area contributed by atoms with Crippen molar-refractivity contribution in [2.24, 2.45) is 0 Å². The van der Waals surface area contributed by atoms with Gasteiger partial charge in [0.15, 0.2) is 0 Å². The molecule has 2 N–H and O–H groups in total. The topological polar surface area (TPSA) is 66.4 Å². The second kappa shape index (κ2) is 6.46. The summed E-state index contributed by atoms with van der Waals surface area (Å²) in [5, 5.41) is 8.98. The molecule has 0 aliphatic rings. The summed E-state index contributed by atoms with van der Waals surface area (Å²) in [6, 6.07) is 1.39. The average molecular weight is 372 g/mol. The molecule has 4 nitrogen and oxygen atoms in total. The highest BCUT2D eigenvalue weighted by Crippen LogP contribution is 2.28. The number of rotatable bonds is 6. The summed E-state index contributed by atoms with van der Waals surface area (Å²) < 4.78 is 53.4. The summed E-state index contributed by atoms with van der Waals surface area (Å²) in [6.45, 7) is 3.14. The molecule has 0 saturated carbocycles. The van der Waals surface area contributed by atoms with Gasteiger partial charge in [-0.25, -0.2) is 21.9 Å². The van der Waals surface area contributed by atoms with Crippen LogP contribution in [0.15, 0.2) is 21.5 Å². The second-order valence-electron chi connectivity index (χ2n) is 4.69. The average Bonchev–Trinajstić information content (AvgIpc) is 2.26. The van der Waals surface area contributed by atoms with Gasteiger partial charge in [-0.2, -0.15) is 0 Å². The van der Waals surface area contributed by atoms with Gasteiger partial charge in [0, 0.05) is 22.7 Å². The highest BCUT2D eigenvalue weighted by molar-refractivity contribution is 9.10. The molecule has 1 atom stereocenters. The van der Waals surface area contributed by atoms with Gasteiger partial charge in [-0.1, -0.05) is 6.92 Å². The monoisotopic (exact) mass is 371 g/mol. The fourth-order valence-corrected chi connectivity index (χ4v) is 4.38. The number of sulfonamides is 1. The Hall–Kier alpha value is -0.570. The highest BCUT2D eigenvalue weighted by atomic mass is 79.9. The molecule has 0 radical (unpaired) electrons. The third-order valence-electron chi connectivity index (χ3n) is 3.06. The van der Waals surface area contributed by atoms with Gasteiger partial charge in [0.2, 0.25) is 10.0 Å². The predicted molar refractivity (Wildman–Crippen MR) is 74.8 cm³/mol. The summed E-state index contributed by atoms with van der Waals surface area (Å²) in [7, 11) is -4.18. The Morgan fingerprint density at radius 3 is 2.45 bits per heavy atom. The Bertz CT molecular complexity index is 571. The molecule has 1 aromatic rings. The molecule has 114 valence electrons. The van der Waals surface area contributed by atoms with Crippen LogP contribution >= 0.6 is 15.9 Å². The van der Waals surface area contributed by atoms with Gasteiger partial charge in [-0.3, -0.25) is 0 Å². The lowest BCUT2D eigenvalue weighted by molar-refractivity contribution is 0.233. The van der Waals surface area contributed by atoms with Crippen LogP contribution in [0.1, 0.15) is 26.7 Å². The Labute approximate surface area is 125 Å². The molecule has 0 fully saturated rings. The van der Waals surface area contributed by atoms with Gasteiger partial charge in [0.25, 0.3) is 0 Å². The van der Waals surface area contributed by atoms with Crippen LogP contribution in [0.25, 0.3) is 0 Å². The van der Waals surface area contributed by atoms with E-state index in [0.29, 0.717) is 12.5 Å². The van der Waals surface area contributed by atoms with Crippen molar-refractivity contribution in [3.8, 4) is 0 Å². The van der Waals surface area contributed by atoms with Crippen LogP contribution in [0.4, 0.5) is 8.78 Å². The van der Waals surface area contributed by atoms with Crippen molar-refractivity contribution in [1.29, 1.82) is 0 Å². The van der Waals surface area contributed by atoms with Crippen molar-refractivity contribution in [2.75, 3.05) is 6.61 Å². The van der Waals surface area contributed by atoms with Crippen LogP contribution < -0.4 is 4.72 Å². The van der Waals surface area contributed by atoms with E-state index >= 15 is 0 Å². The quantitative estimate of drug-likeness (QED) is 0.807. The minimum atomic E-state index is -4.18. The zero-order valence-electron chi connectivity index (χ0n) is 11.1. The Morgan fingerprint density at radius 2 is 2.00 bits per heavy atom. The lowest BCUT2D eigenvalue weighted by Gasteiger charge is -2.28. The molecular weight excluding hydrogens is 356 g/mol. The second-order valence-corrected chi connectivity index (χ2v) is 7.17. The molecule has 1 rings (SSSR count). The van der Waals surface area contributed by atoms with Gasteiger partial charge in [0.05, 0.1) is 0 Å². The van der Waals surface area contributed by atoms with Crippen molar-refractivity contribution in [1.82, 2.24) is 4.72 Å². The summed E-state index contributed by atoms with van der Waals surface area (Å²) in [6.07, 6.45) is 0.594. The fraction of sp³-hybridized carbons (Fsp3) is 0.500. The molecule has 0 bridgehead atoms. The molecule has 0 aromatic heterocycles. The van der Waals surface area contributed by atoms with E-state index in [1.165, 1.54) is 0 Å². The molecule has 0 heterocycles. The summed E-state index contributed by atoms with van der Waals surface area (Å²) in [5.74, 6) is -2.05. The maximum atomic E-state index is 13.7. The minimum Gasteiger partial charge on any atom is -0.396 e. The molecule has 8 heteroatoms. The Kier molecular flexibility index (Phi) is 5.65. The molecule has 0 amide bonds. The zero-order valence-corrected chi connectivity index (χ0v) is 13.5. The van der Waals surface area contributed by atoms with Crippen molar-refractivity contribution in [2.45, 2.75) is 37.1 Å². The molecule has 0 spiro atoms. The first kappa shape index (κ1) is 17.5. The maximum Gasteiger partial charge on any atom is 0.245 e. The first-order chi connectivity index (χ1) is 9.15. The van der Waals surface area contributed by atoms with Gasteiger partial charge in [-0.15, -0.1) is 0 Å². The third-order valence-corrected chi connectivity index (χ3v) is 5.66. The number of nitrogens with one attached hydrogen (secondary N) is 1. The number of aliphatic hydroxyl groups is 1. The summed E-state index contributed by atoms with van der Waals surface area (Å²) in [4.78, 5) is -0.642. The van der Waals surface area contributed by atoms with Crippen LogP contribution in [-0.2, 0) is 10.0 Å².